The van der Waals surface area contributed by atoms with Crippen LogP contribution in [-0.4, -0.2) is 15.3 Å². The molecule has 0 saturated heterocycles. The molecule has 1 fully saturated rings. The molecule has 1 saturated carbocycles. The Kier molecular flexibility index (Phi) is 5.46. The lowest BCUT2D eigenvalue weighted by Crippen LogP contribution is -2.26. The van der Waals surface area contributed by atoms with E-state index < -0.39 is 16.2 Å². The van der Waals surface area contributed by atoms with Crippen molar-refractivity contribution in [3.63, 3.8) is 0 Å². The van der Waals surface area contributed by atoms with E-state index in [0.29, 0.717) is 11.5 Å². The first kappa shape index (κ1) is 18.5. The molecule has 7 heteroatoms. The van der Waals surface area contributed by atoms with E-state index in [0.717, 1.165) is 29.7 Å². The van der Waals surface area contributed by atoms with E-state index in [4.69, 9.17) is 5.26 Å². The average Bonchev–Trinajstić information content (AvgIpc) is 2.70. The number of pyridine rings is 1. The molecular weight excluding hydrogens is 346 g/mol. The van der Waals surface area contributed by atoms with Crippen molar-refractivity contribution in [2.75, 3.05) is 0 Å². The number of carbonyl (C=O) groups is 1. The Bertz CT molecular complexity index is 964. The van der Waals surface area contributed by atoms with Gasteiger partial charge in [0.1, 0.15) is 11.6 Å². The van der Waals surface area contributed by atoms with Gasteiger partial charge in [-0.05, 0) is 24.3 Å². The Balaban J connectivity index is 1.81. The zero-order chi connectivity index (χ0) is 19.4. The van der Waals surface area contributed by atoms with E-state index in [1.807, 2.05) is 12.1 Å². The highest BCUT2D eigenvalue weighted by molar-refractivity contribution is 5.96. The van der Waals surface area contributed by atoms with Gasteiger partial charge in [-0.3, -0.25) is 24.3 Å². The fourth-order valence-electron chi connectivity index (χ4n) is 3.54. The van der Waals surface area contributed by atoms with Crippen LogP contribution in [0.15, 0.2) is 41.3 Å². The highest BCUT2D eigenvalue weighted by Crippen LogP contribution is 2.32. The Hall–Kier alpha value is -3.27. The van der Waals surface area contributed by atoms with Gasteiger partial charge in [0, 0.05) is 11.6 Å². The summed E-state index contributed by atoms with van der Waals surface area (Å²) < 4.78 is 0.925. The molecule has 2 aromatic rings. The highest BCUT2D eigenvalue weighted by atomic mass is 16.6. The second-order valence-electron chi connectivity index (χ2n) is 6.79. The molecule has 1 aliphatic rings. The van der Waals surface area contributed by atoms with E-state index in [-0.39, 0.29) is 17.9 Å². The van der Waals surface area contributed by atoms with Gasteiger partial charge in [0.2, 0.25) is 0 Å². The predicted octanol–water partition coefficient (Wildman–Crippen LogP) is 3.56. The van der Waals surface area contributed by atoms with Crippen molar-refractivity contribution in [2.24, 2.45) is 0 Å². The van der Waals surface area contributed by atoms with Gasteiger partial charge in [-0.25, -0.2) is 0 Å². The van der Waals surface area contributed by atoms with Gasteiger partial charge in [-0.1, -0.05) is 43.5 Å². The highest BCUT2D eigenvalue weighted by Gasteiger charge is 2.18. The molecule has 27 heavy (non-hydrogen) atoms. The smallest absolute Gasteiger partial charge is 0.287 e. The van der Waals surface area contributed by atoms with Crippen LogP contribution in [0.3, 0.4) is 0 Å². The zero-order valence-electron chi connectivity index (χ0n) is 14.8. The molecule has 1 aromatic heterocycles. The zero-order valence-corrected chi connectivity index (χ0v) is 14.8. The molecule has 0 amide bonds. The van der Waals surface area contributed by atoms with Crippen LogP contribution in [0.1, 0.15) is 59.5 Å². The van der Waals surface area contributed by atoms with E-state index in [1.165, 1.54) is 24.8 Å². The molecule has 7 nitrogen and oxygen atoms in total. The van der Waals surface area contributed by atoms with Gasteiger partial charge >= 0.3 is 0 Å². The van der Waals surface area contributed by atoms with Crippen LogP contribution < -0.4 is 5.56 Å². The third-order valence-corrected chi connectivity index (χ3v) is 5.03. The fraction of sp³-hybridized carbons (Fsp3) is 0.350. The maximum Gasteiger partial charge on any atom is 0.287 e. The third-order valence-electron chi connectivity index (χ3n) is 5.03. The minimum atomic E-state index is -0.713. The number of hydrogen-bond donors (Lipinski definition) is 0. The van der Waals surface area contributed by atoms with Crippen LogP contribution in [0.25, 0.3) is 0 Å². The number of benzene rings is 1. The first-order valence-electron chi connectivity index (χ1n) is 8.91. The number of carbonyl (C=O) groups excluding carboxylic acids is 1. The van der Waals surface area contributed by atoms with E-state index in [9.17, 15) is 19.7 Å². The summed E-state index contributed by atoms with van der Waals surface area (Å²) in [5.41, 5.74) is 0.184. The molecule has 0 spiro atoms. The SMILES string of the molecule is N#Cc1cc([N+](=O)[O-])cn(CC(=O)c2ccc(C3CCCCC3)cc2)c1=O. The lowest BCUT2D eigenvalue weighted by molar-refractivity contribution is -0.385. The molecule has 0 aliphatic heterocycles. The van der Waals surface area contributed by atoms with Crippen LogP contribution in [0.4, 0.5) is 5.69 Å². The Labute approximate surface area is 156 Å². The van der Waals surface area contributed by atoms with E-state index in [1.54, 1.807) is 18.2 Å². The van der Waals surface area contributed by atoms with Gasteiger partial charge in [0.15, 0.2) is 5.78 Å². The molecule has 1 aliphatic carbocycles. The number of hydrogen-bond acceptors (Lipinski definition) is 5. The number of aromatic nitrogens is 1. The first-order valence-corrected chi connectivity index (χ1v) is 8.91. The third kappa shape index (κ3) is 4.11. The second kappa shape index (κ2) is 7.96. The van der Waals surface area contributed by atoms with Crippen molar-refractivity contribution in [3.8, 4) is 6.07 Å². The van der Waals surface area contributed by atoms with Crippen LogP contribution in [0, 0.1) is 21.4 Å². The number of nitriles is 1. The topological polar surface area (TPSA) is 106 Å². The summed E-state index contributed by atoms with van der Waals surface area (Å²) >= 11 is 0. The summed E-state index contributed by atoms with van der Waals surface area (Å²) in [6.45, 7) is -0.349. The number of rotatable bonds is 5. The average molecular weight is 365 g/mol. The molecule has 138 valence electrons. The number of nitrogens with zero attached hydrogens (tertiary/aromatic N) is 3. The predicted molar refractivity (Wildman–Crippen MR) is 98.7 cm³/mol. The van der Waals surface area contributed by atoms with Crippen molar-refractivity contribution in [3.05, 3.63) is 73.7 Å². The summed E-state index contributed by atoms with van der Waals surface area (Å²) in [5, 5.41) is 20.0. The van der Waals surface area contributed by atoms with Crippen LogP contribution in [0.5, 0.6) is 0 Å². The standard InChI is InChI=1S/C20H19N3O4/c21-11-17-10-18(23(26)27)12-22(20(17)25)13-19(24)16-8-6-15(7-9-16)14-4-2-1-3-5-14/h6-10,12,14H,1-5,13H2. The van der Waals surface area contributed by atoms with Crippen molar-refractivity contribution in [1.29, 1.82) is 5.26 Å². The molecular formula is C20H19N3O4. The lowest BCUT2D eigenvalue weighted by Gasteiger charge is -2.22. The molecule has 1 aromatic carbocycles. The maximum absolute atomic E-state index is 12.5. The fourth-order valence-corrected chi connectivity index (χ4v) is 3.54. The lowest BCUT2D eigenvalue weighted by atomic mass is 9.84. The van der Waals surface area contributed by atoms with Gasteiger partial charge in [0.05, 0.1) is 17.7 Å². The largest absolute Gasteiger partial charge is 0.300 e. The number of ketones is 1. The molecule has 0 unspecified atom stereocenters. The Morgan fingerprint density at radius 2 is 1.89 bits per heavy atom. The van der Waals surface area contributed by atoms with Crippen LogP contribution in [-0.2, 0) is 6.54 Å². The normalized spacial score (nSPS) is 14.5. The summed E-state index contributed by atoms with van der Waals surface area (Å²) in [6, 6.07) is 9.92. The summed E-state index contributed by atoms with van der Waals surface area (Å²) in [4.78, 5) is 35.0. The molecule has 0 radical (unpaired) electrons. The Morgan fingerprint density at radius 3 is 2.48 bits per heavy atom. The maximum atomic E-state index is 12.5. The van der Waals surface area contributed by atoms with Crippen molar-refractivity contribution < 1.29 is 9.72 Å². The molecule has 3 rings (SSSR count). The van der Waals surface area contributed by atoms with Crippen LogP contribution >= 0.6 is 0 Å². The number of Topliss-reactive ketones (excluding diaryl/α,β-unsaturated/α-hetero) is 1. The molecule has 1 heterocycles. The van der Waals surface area contributed by atoms with Gasteiger partial charge in [-0.2, -0.15) is 5.26 Å². The quantitative estimate of drug-likeness (QED) is 0.457. The van der Waals surface area contributed by atoms with Gasteiger partial charge in [-0.15, -0.1) is 0 Å². The Morgan fingerprint density at radius 1 is 1.22 bits per heavy atom. The van der Waals surface area contributed by atoms with Crippen LogP contribution in [0.2, 0.25) is 0 Å². The molecule has 0 bridgehead atoms. The molecule has 0 N–H and O–H groups in total. The van der Waals surface area contributed by atoms with Crippen molar-refractivity contribution in [1.82, 2.24) is 4.57 Å². The monoisotopic (exact) mass is 365 g/mol. The summed E-state index contributed by atoms with van der Waals surface area (Å²) in [5.74, 6) is 0.192. The van der Waals surface area contributed by atoms with Crippen molar-refractivity contribution >= 4 is 11.5 Å². The van der Waals surface area contributed by atoms with Gasteiger partial charge < -0.3 is 0 Å². The minimum absolute atomic E-state index is 0.336. The van der Waals surface area contributed by atoms with E-state index >= 15 is 0 Å². The molecule has 0 atom stereocenters. The first-order chi connectivity index (χ1) is 13.0. The number of nitro groups is 1. The van der Waals surface area contributed by atoms with Crippen molar-refractivity contribution in [2.45, 2.75) is 44.6 Å². The minimum Gasteiger partial charge on any atom is -0.300 e. The van der Waals surface area contributed by atoms with Gasteiger partial charge in [0.25, 0.3) is 11.2 Å². The summed E-state index contributed by atoms with van der Waals surface area (Å²) in [6.07, 6.45) is 7.04. The second-order valence-corrected chi connectivity index (χ2v) is 6.79. The summed E-state index contributed by atoms with van der Waals surface area (Å²) in [7, 11) is 0. The van der Waals surface area contributed by atoms with E-state index in [2.05, 4.69) is 0 Å².